The summed E-state index contributed by atoms with van der Waals surface area (Å²) in [4.78, 5) is 0. The number of aromatic nitrogens is 3. The van der Waals surface area contributed by atoms with E-state index in [9.17, 15) is 0 Å². The Morgan fingerprint density at radius 2 is 1.88 bits per heavy atom. The van der Waals surface area contributed by atoms with Crippen LogP contribution in [-0.2, 0) is 0 Å². The van der Waals surface area contributed by atoms with Gasteiger partial charge in [0.15, 0.2) is 0 Å². The Morgan fingerprint density at radius 1 is 1.12 bits per heavy atom. The lowest BCUT2D eigenvalue weighted by Gasteiger charge is -2.32. The molecule has 0 atom stereocenters. The molecular formula is C22H31N3. The number of allylic oxidation sites excluding steroid dienone is 9. The van der Waals surface area contributed by atoms with Crippen LogP contribution in [0, 0.1) is 12.3 Å². The van der Waals surface area contributed by atoms with Crippen LogP contribution in [0.1, 0.15) is 65.3 Å². The molecule has 134 valence electrons. The van der Waals surface area contributed by atoms with Crippen molar-refractivity contribution in [2.45, 2.75) is 60.8 Å². The largest absolute Gasteiger partial charge is 0.262 e. The van der Waals surface area contributed by atoms with E-state index in [1.54, 1.807) is 0 Å². The Hall–Kier alpha value is -2.16. The first-order valence-electron chi connectivity index (χ1n) is 9.09. The molecule has 3 nitrogen and oxygen atoms in total. The van der Waals surface area contributed by atoms with Gasteiger partial charge >= 0.3 is 0 Å². The highest BCUT2D eigenvalue weighted by Gasteiger charge is 2.26. The molecule has 0 radical (unpaired) electrons. The van der Waals surface area contributed by atoms with E-state index >= 15 is 0 Å². The number of H-pyrrole nitrogens is 1. The van der Waals surface area contributed by atoms with Crippen molar-refractivity contribution in [1.82, 2.24) is 15.4 Å². The Kier molecular flexibility index (Phi) is 6.35. The first kappa shape index (κ1) is 19.2. The zero-order chi connectivity index (χ0) is 18.4. The first-order valence-corrected chi connectivity index (χ1v) is 9.09. The third kappa shape index (κ3) is 5.42. The SMILES string of the molecule is CC1=C(/C=C/C(C)=C/C=C/C(C)=C/c2nn[nH]c2C)C(C)(C)CCC1. The molecule has 1 N–H and O–H groups in total. The zero-order valence-corrected chi connectivity index (χ0v) is 16.5. The highest BCUT2D eigenvalue weighted by Crippen LogP contribution is 2.40. The molecular weight excluding hydrogens is 306 g/mol. The van der Waals surface area contributed by atoms with Crippen molar-refractivity contribution >= 4 is 6.08 Å². The maximum atomic E-state index is 4.05. The Bertz CT molecular complexity index is 752. The van der Waals surface area contributed by atoms with Gasteiger partial charge in [0.25, 0.3) is 0 Å². The van der Waals surface area contributed by atoms with Crippen LogP contribution in [-0.4, -0.2) is 15.4 Å². The highest BCUT2D eigenvalue weighted by atomic mass is 15.3. The van der Waals surface area contributed by atoms with Crippen molar-refractivity contribution in [3.63, 3.8) is 0 Å². The van der Waals surface area contributed by atoms with E-state index in [2.05, 4.69) is 80.4 Å². The summed E-state index contributed by atoms with van der Waals surface area (Å²) < 4.78 is 0. The van der Waals surface area contributed by atoms with E-state index in [-0.39, 0.29) is 0 Å². The van der Waals surface area contributed by atoms with Crippen LogP contribution in [0.25, 0.3) is 6.08 Å². The van der Waals surface area contributed by atoms with Crippen LogP contribution in [0.3, 0.4) is 0 Å². The van der Waals surface area contributed by atoms with Crippen LogP contribution in [0.4, 0.5) is 0 Å². The summed E-state index contributed by atoms with van der Waals surface area (Å²) in [5, 5.41) is 10.7. The predicted octanol–water partition coefficient (Wildman–Crippen LogP) is 6.10. The van der Waals surface area contributed by atoms with E-state index in [1.165, 1.54) is 36.0 Å². The average molecular weight is 338 g/mol. The minimum Gasteiger partial charge on any atom is -0.262 e. The van der Waals surface area contributed by atoms with Crippen LogP contribution >= 0.6 is 0 Å². The molecule has 3 heteroatoms. The second kappa shape index (κ2) is 8.28. The molecule has 0 amide bonds. The maximum Gasteiger partial charge on any atom is 0.108 e. The van der Waals surface area contributed by atoms with Gasteiger partial charge in [0.1, 0.15) is 5.69 Å². The molecule has 0 aromatic carbocycles. The molecule has 2 rings (SSSR count). The molecule has 0 saturated heterocycles. The van der Waals surface area contributed by atoms with Crippen LogP contribution < -0.4 is 0 Å². The van der Waals surface area contributed by atoms with Crippen molar-refractivity contribution in [3.05, 3.63) is 64.1 Å². The Balaban J connectivity index is 2.04. The van der Waals surface area contributed by atoms with Crippen molar-refractivity contribution in [1.29, 1.82) is 0 Å². The lowest BCUT2D eigenvalue weighted by molar-refractivity contribution is 0.377. The van der Waals surface area contributed by atoms with Crippen molar-refractivity contribution in [2.24, 2.45) is 5.41 Å². The fourth-order valence-electron chi connectivity index (χ4n) is 3.32. The van der Waals surface area contributed by atoms with Crippen molar-refractivity contribution in [3.8, 4) is 0 Å². The summed E-state index contributed by atoms with van der Waals surface area (Å²) in [5.41, 5.74) is 7.63. The number of nitrogens with one attached hydrogen (secondary N) is 1. The van der Waals surface area contributed by atoms with E-state index in [0.29, 0.717) is 5.41 Å². The quantitative estimate of drug-likeness (QED) is 0.659. The number of aromatic amines is 1. The van der Waals surface area contributed by atoms with Gasteiger partial charge in [-0.25, -0.2) is 0 Å². The molecule has 0 saturated carbocycles. The second-order valence-electron chi connectivity index (χ2n) is 7.74. The summed E-state index contributed by atoms with van der Waals surface area (Å²) in [6.07, 6.45) is 16.7. The molecule has 25 heavy (non-hydrogen) atoms. The molecule has 1 heterocycles. The highest BCUT2D eigenvalue weighted by molar-refractivity contribution is 5.53. The summed E-state index contributed by atoms with van der Waals surface area (Å²) in [6, 6.07) is 0. The summed E-state index contributed by atoms with van der Waals surface area (Å²) in [6.45, 7) is 13.2. The molecule has 0 unspecified atom stereocenters. The lowest BCUT2D eigenvalue weighted by Crippen LogP contribution is -2.19. The lowest BCUT2D eigenvalue weighted by atomic mass is 9.72. The van der Waals surface area contributed by atoms with Gasteiger partial charge in [-0.15, -0.1) is 5.10 Å². The fourth-order valence-corrected chi connectivity index (χ4v) is 3.32. The van der Waals surface area contributed by atoms with Gasteiger partial charge in [-0.3, -0.25) is 5.10 Å². The molecule has 0 spiro atoms. The predicted molar refractivity (Wildman–Crippen MR) is 107 cm³/mol. The molecule has 1 aromatic rings. The fraction of sp³-hybridized carbons (Fsp3) is 0.455. The summed E-state index contributed by atoms with van der Waals surface area (Å²) in [5.74, 6) is 0. The van der Waals surface area contributed by atoms with Gasteiger partial charge in [0.05, 0.1) is 5.69 Å². The monoisotopic (exact) mass is 337 g/mol. The smallest absolute Gasteiger partial charge is 0.108 e. The first-order chi connectivity index (χ1) is 11.8. The number of rotatable bonds is 5. The Labute approximate surface area is 152 Å². The Morgan fingerprint density at radius 3 is 2.52 bits per heavy atom. The van der Waals surface area contributed by atoms with Crippen LogP contribution in [0.15, 0.2) is 52.7 Å². The minimum atomic E-state index is 0.295. The van der Waals surface area contributed by atoms with E-state index < -0.39 is 0 Å². The minimum absolute atomic E-state index is 0.295. The van der Waals surface area contributed by atoms with Gasteiger partial charge < -0.3 is 0 Å². The van der Waals surface area contributed by atoms with E-state index in [4.69, 9.17) is 0 Å². The van der Waals surface area contributed by atoms with Gasteiger partial charge in [-0.2, -0.15) is 0 Å². The number of hydrogen-bond donors (Lipinski definition) is 1. The third-order valence-corrected chi connectivity index (χ3v) is 4.90. The molecule has 1 aliphatic carbocycles. The van der Waals surface area contributed by atoms with Gasteiger partial charge in [0, 0.05) is 0 Å². The average Bonchev–Trinajstić information content (AvgIpc) is 2.91. The number of hydrogen-bond acceptors (Lipinski definition) is 2. The molecule has 0 aliphatic heterocycles. The van der Waals surface area contributed by atoms with Gasteiger partial charge in [0.2, 0.25) is 0 Å². The summed E-state index contributed by atoms with van der Waals surface area (Å²) in [7, 11) is 0. The standard InChI is InChI=1S/C22H31N3/c1-16(12-13-20-18(3)11-8-14-22(20,5)6)9-7-10-17(2)15-21-19(4)23-25-24-21/h7,9-10,12-13,15H,8,11,14H2,1-6H3,(H,23,24,25)/b10-7+,13-12+,16-9+,17-15+. The maximum absolute atomic E-state index is 4.05. The molecule has 1 aliphatic rings. The molecule has 0 fully saturated rings. The number of aryl methyl sites for hydroxylation is 1. The van der Waals surface area contributed by atoms with Crippen molar-refractivity contribution < 1.29 is 0 Å². The van der Waals surface area contributed by atoms with E-state index in [0.717, 1.165) is 17.0 Å². The van der Waals surface area contributed by atoms with Crippen molar-refractivity contribution in [2.75, 3.05) is 0 Å². The normalized spacial score (nSPS) is 19.4. The molecule has 0 bridgehead atoms. The van der Waals surface area contributed by atoms with Gasteiger partial charge in [-0.05, 0) is 69.6 Å². The van der Waals surface area contributed by atoms with Crippen LogP contribution in [0.5, 0.6) is 0 Å². The number of nitrogens with zero attached hydrogens (tertiary/aromatic N) is 2. The second-order valence-corrected chi connectivity index (χ2v) is 7.74. The summed E-state index contributed by atoms with van der Waals surface area (Å²) >= 11 is 0. The van der Waals surface area contributed by atoms with E-state index in [1.807, 2.05) is 13.0 Å². The zero-order valence-electron chi connectivity index (χ0n) is 16.5. The van der Waals surface area contributed by atoms with Gasteiger partial charge in [-0.1, -0.05) is 60.6 Å². The van der Waals surface area contributed by atoms with Crippen LogP contribution in [0.2, 0.25) is 0 Å². The third-order valence-electron chi connectivity index (χ3n) is 4.90. The topological polar surface area (TPSA) is 41.6 Å². The molecule has 1 aromatic heterocycles.